The van der Waals surface area contributed by atoms with E-state index in [0.717, 1.165) is 0 Å². The molecule has 78 valence electrons. The van der Waals surface area contributed by atoms with Gasteiger partial charge in [0.2, 0.25) is 0 Å². The number of amides is 1. The number of hydrogen-bond acceptors (Lipinski definition) is 4. The summed E-state index contributed by atoms with van der Waals surface area (Å²) < 4.78 is 4.51. The third-order valence-corrected chi connectivity index (χ3v) is 2.03. The Morgan fingerprint density at radius 3 is 2.73 bits per heavy atom. The lowest BCUT2D eigenvalue weighted by molar-refractivity contribution is -0.113. The highest BCUT2D eigenvalue weighted by Crippen LogP contribution is 2.16. The van der Waals surface area contributed by atoms with Crippen molar-refractivity contribution in [2.45, 2.75) is 6.92 Å². The predicted molar refractivity (Wildman–Crippen MR) is 51.6 cm³/mol. The Morgan fingerprint density at radius 2 is 2.27 bits per heavy atom. The molecule has 0 radical (unpaired) electrons. The van der Waals surface area contributed by atoms with Crippen molar-refractivity contribution in [2.24, 2.45) is 0 Å². The maximum Gasteiger partial charge on any atom is 0.413 e. The summed E-state index contributed by atoms with van der Waals surface area (Å²) in [5, 5.41) is 8.75. The van der Waals surface area contributed by atoms with E-state index < -0.39 is 6.09 Å². The van der Waals surface area contributed by atoms with Crippen LogP contribution in [0, 0.1) is 11.3 Å². The zero-order valence-corrected chi connectivity index (χ0v) is 8.48. The average Bonchev–Trinajstić information content (AvgIpc) is 2.27. The topological polar surface area (TPSA) is 70.4 Å². The summed E-state index contributed by atoms with van der Waals surface area (Å²) in [6, 6.07) is 1.91. The van der Waals surface area contributed by atoms with E-state index in [1.54, 1.807) is 0 Å². The first-order valence-electron chi connectivity index (χ1n) is 4.27. The highest BCUT2D eigenvalue weighted by molar-refractivity contribution is 5.96. The normalized spacial score (nSPS) is 14.9. The Hall–Kier alpha value is -2.09. The van der Waals surface area contributed by atoms with E-state index in [4.69, 9.17) is 5.26 Å². The van der Waals surface area contributed by atoms with Crippen LogP contribution < -0.4 is 0 Å². The molecular weight excluding hydrogens is 196 g/mol. The number of ether oxygens (including phenoxy) is 1. The molecule has 5 nitrogen and oxygen atoms in total. The van der Waals surface area contributed by atoms with E-state index in [1.807, 2.05) is 6.07 Å². The predicted octanol–water partition coefficient (Wildman–Crippen LogP) is 0.991. The molecule has 0 aromatic carbocycles. The van der Waals surface area contributed by atoms with Gasteiger partial charge < -0.3 is 4.74 Å². The van der Waals surface area contributed by atoms with Crippen molar-refractivity contribution in [3.05, 3.63) is 23.4 Å². The van der Waals surface area contributed by atoms with Gasteiger partial charge in [-0.15, -0.1) is 0 Å². The van der Waals surface area contributed by atoms with Crippen LogP contribution in [0.1, 0.15) is 6.92 Å². The second kappa shape index (κ2) is 4.42. The first kappa shape index (κ1) is 11.0. The Kier molecular flexibility index (Phi) is 3.24. The summed E-state index contributed by atoms with van der Waals surface area (Å²) in [5.41, 5.74) is 0.619. The number of methoxy groups -OCH3 is 1. The summed E-state index contributed by atoms with van der Waals surface area (Å²) in [7, 11) is 1.26. The molecule has 0 saturated carbocycles. The number of carbonyl (C=O) groups excluding carboxylic acids is 2. The van der Waals surface area contributed by atoms with Crippen LogP contribution in [0.2, 0.25) is 0 Å². The van der Waals surface area contributed by atoms with Crippen molar-refractivity contribution in [3.63, 3.8) is 0 Å². The second-order valence-electron chi connectivity index (χ2n) is 2.97. The number of ketones is 1. The van der Waals surface area contributed by atoms with Gasteiger partial charge in [-0.3, -0.25) is 9.69 Å². The van der Waals surface area contributed by atoms with Crippen molar-refractivity contribution in [1.29, 1.82) is 5.26 Å². The van der Waals surface area contributed by atoms with Gasteiger partial charge in [0.15, 0.2) is 5.78 Å². The minimum absolute atomic E-state index is 0.0847. The maximum atomic E-state index is 11.2. The molecule has 0 unspecified atom stereocenters. The number of hydrogen-bond donors (Lipinski definition) is 0. The van der Waals surface area contributed by atoms with Crippen molar-refractivity contribution in [2.75, 3.05) is 13.7 Å². The van der Waals surface area contributed by atoms with E-state index in [2.05, 4.69) is 4.74 Å². The quantitative estimate of drug-likeness (QED) is 0.641. The minimum Gasteiger partial charge on any atom is -0.452 e. The number of carbonyl (C=O) groups is 2. The van der Waals surface area contributed by atoms with Crippen LogP contribution in [0.5, 0.6) is 0 Å². The lowest BCUT2D eigenvalue weighted by Crippen LogP contribution is -2.31. The number of rotatable bonds is 1. The molecule has 0 aromatic heterocycles. The number of nitriles is 1. The van der Waals surface area contributed by atoms with E-state index in [1.165, 1.54) is 31.2 Å². The first-order chi connectivity index (χ1) is 7.10. The van der Waals surface area contributed by atoms with Crippen LogP contribution in [0.3, 0.4) is 0 Å². The molecule has 0 fully saturated rings. The zero-order valence-electron chi connectivity index (χ0n) is 8.48. The van der Waals surface area contributed by atoms with E-state index in [9.17, 15) is 9.59 Å². The van der Waals surface area contributed by atoms with Crippen LogP contribution in [0.4, 0.5) is 4.79 Å². The van der Waals surface area contributed by atoms with Crippen molar-refractivity contribution < 1.29 is 14.3 Å². The van der Waals surface area contributed by atoms with E-state index >= 15 is 0 Å². The summed E-state index contributed by atoms with van der Waals surface area (Å²) >= 11 is 0. The fourth-order valence-corrected chi connectivity index (χ4v) is 1.22. The monoisotopic (exact) mass is 206 g/mol. The highest BCUT2D eigenvalue weighted by atomic mass is 16.5. The Labute approximate surface area is 87.2 Å². The van der Waals surface area contributed by atoms with Gasteiger partial charge in [0, 0.05) is 11.8 Å². The van der Waals surface area contributed by atoms with E-state index in [-0.39, 0.29) is 12.3 Å². The summed E-state index contributed by atoms with van der Waals surface area (Å²) in [6.45, 7) is 1.45. The molecule has 1 amide bonds. The number of allylic oxidation sites excluding steroid dienone is 2. The van der Waals surface area contributed by atoms with Gasteiger partial charge in [0.25, 0.3) is 0 Å². The summed E-state index contributed by atoms with van der Waals surface area (Å²) in [5.74, 6) is -0.218. The number of Topliss-reactive ketones (excluding diaryl/α,β-unsaturated/α-hetero) is 1. The number of nitrogens with zero attached hydrogens (tertiary/aromatic N) is 2. The molecule has 1 rings (SSSR count). The van der Waals surface area contributed by atoms with Gasteiger partial charge in [0.05, 0.1) is 25.3 Å². The molecule has 0 N–H and O–H groups in total. The molecular formula is C10H10N2O3. The van der Waals surface area contributed by atoms with Crippen molar-refractivity contribution in [1.82, 2.24) is 4.90 Å². The summed E-state index contributed by atoms with van der Waals surface area (Å²) in [6.07, 6.45) is 2.30. The van der Waals surface area contributed by atoms with Crippen molar-refractivity contribution >= 4 is 11.9 Å². The fourth-order valence-electron chi connectivity index (χ4n) is 1.22. The molecule has 1 heterocycles. The van der Waals surface area contributed by atoms with Crippen molar-refractivity contribution in [3.8, 4) is 6.07 Å². The molecule has 0 aromatic rings. The van der Waals surface area contributed by atoms with Crippen LogP contribution >= 0.6 is 0 Å². The molecule has 0 bridgehead atoms. The van der Waals surface area contributed by atoms with Gasteiger partial charge in [-0.05, 0) is 13.0 Å². The third kappa shape index (κ3) is 2.23. The SMILES string of the molecule is COC(=O)N1C=CC(C#N)=C(C(C)=O)C1. The smallest absolute Gasteiger partial charge is 0.413 e. The van der Waals surface area contributed by atoms with Crippen LogP contribution in [0.15, 0.2) is 23.4 Å². The van der Waals surface area contributed by atoms with Crippen LogP contribution in [-0.4, -0.2) is 30.4 Å². The average molecular weight is 206 g/mol. The van der Waals surface area contributed by atoms with E-state index in [0.29, 0.717) is 11.1 Å². The van der Waals surface area contributed by atoms with Gasteiger partial charge in [-0.25, -0.2) is 4.79 Å². The maximum absolute atomic E-state index is 11.2. The largest absolute Gasteiger partial charge is 0.452 e. The van der Waals surface area contributed by atoms with Gasteiger partial charge in [0.1, 0.15) is 0 Å². The molecule has 1 aliphatic rings. The van der Waals surface area contributed by atoms with Gasteiger partial charge in [-0.2, -0.15) is 5.26 Å². The van der Waals surface area contributed by atoms with Crippen LogP contribution in [-0.2, 0) is 9.53 Å². The minimum atomic E-state index is -0.554. The van der Waals surface area contributed by atoms with Crippen LogP contribution in [0.25, 0.3) is 0 Å². The molecule has 15 heavy (non-hydrogen) atoms. The molecule has 0 spiro atoms. The second-order valence-corrected chi connectivity index (χ2v) is 2.97. The fraction of sp³-hybridized carbons (Fsp3) is 0.300. The lowest BCUT2D eigenvalue weighted by atomic mass is 10.0. The molecule has 0 saturated heterocycles. The zero-order chi connectivity index (χ0) is 11.4. The first-order valence-corrected chi connectivity index (χ1v) is 4.27. The highest BCUT2D eigenvalue weighted by Gasteiger charge is 2.21. The van der Waals surface area contributed by atoms with Gasteiger partial charge in [-0.1, -0.05) is 0 Å². The molecule has 0 aliphatic carbocycles. The third-order valence-electron chi connectivity index (χ3n) is 2.03. The lowest BCUT2D eigenvalue weighted by Gasteiger charge is -2.21. The molecule has 0 atom stereocenters. The van der Waals surface area contributed by atoms with Gasteiger partial charge >= 0.3 is 6.09 Å². The Bertz CT molecular complexity index is 401. The Balaban J connectivity index is 2.96. The standard InChI is InChI=1S/C10H10N2O3/c1-7(13)9-6-12(10(14)15-2)4-3-8(9)5-11/h3-4H,6H2,1-2H3. The Morgan fingerprint density at radius 1 is 1.60 bits per heavy atom. The molecule has 1 aliphatic heterocycles. The molecule has 5 heteroatoms. The summed E-state index contributed by atoms with van der Waals surface area (Å²) in [4.78, 5) is 23.6.